The van der Waals surface area contributed by atoms with Crippen molar-refractivity contribution in [2.45, 2.75) is 77.4 Å². The SMILES string of the molecule is Cc1ccc2c(c1)[C@]1(CC1c1ccc3c(I)nn(C(=O)OC(C)(C)C)c3c1)C(=O)N2C(=O)OC(C)(C)C. The molecule has 1 fully saturated rings. The second-order valence-electron chi connectivity index (χ2n) is 11.8. The lowest BCUT2D eigenvalue weighted by atomic mass is 9.91. The van der Waals surface area contributed by atoms with Crippen molar-refractivity contribution in [3.8, 4) is 0 Å². The Morgan fingerprint density at radius 3 is 2.30 bits per heavy atom. The number of aryl methyl sites for hydroxylation is 1. The molecule has 0 saturated heterocycles. The van der Waals surface area contributed by atoms with Crippen LogP contribution < -0.4 is 4.90 Å². The Morgan fingerprint density at radius 2 is 1.65 bits per heavy atom. The average molecular weight is 615 g/mol. The Balaban J connectivity index is 1.56. The molecular formula is C28H30IN3O5. The van der Waals surface area contributed by atoms with Crippen LogP contribution in [0.15, 0.2) is 36.4 Å². The second kappa shape index (κ2) is 8.28. The number of carbonyl (C=O) groups is 3. The summed E-state index contributed by atoms with van der Waals surface area (Å²) in [4.78, 5) is 41.1. The first-order chi connectivity index (χ1) is 17.1. The van der Waals surface area contributed by atoms with E-state index in [1.54, 1.807) is 20.8 Å². The largest absolute Gasteiger partial charge is 0.443 e. The lowest BCUT2D eigenvalue weighted by Gasteiger charge is -2.24. The number of rotatable bonds is 1. The third-order valence-electron chi connectivity index (χ3n) is 6.62. The highest BCUT2D eigenvalue weighted by Crippen LogP contribution is 2.66. The van der Waals surface area contributed by atoms with E-state index in [0.29, 0.717) is 21.3 Å². The summed E-state index contributed by atoms with van der Waals surface area (Å²) in [5, 5.41) is 5.24. The summed E-state index contributed by atoms with van der Waals surface area (Å²) < 4.78 is 13.1. The Kier molecular flexibility index (Phi) is 5.75. The number of ether oxygens (including phenoxy) is 2. The fourth-order valence-electron chi connectivity index (χ4n) is 5.07. The fraction of sp³-hybridized carbons (Fsp3) is 0.429. The number of hydrogen-bond acceptors (Lipinski definition) is 6. The maximum absolute atomic E-state index is 13.9. The van der Waals surface area contributed by atoms with E-state index in [-0.39, 0.29) is 11.8 Å². The molecule has 0 radical (unpaired) electrons. The van der Waals surface area contributed by atoms with Gasteiger partial charge in [0.25, 0.3) is 0 Å². The third-order valence-corrected chi connectivity index (χ3v) is 7.42. The van der Waals surface area contributed by atoms with Crippen LogP contribution in [0, 0.1) is 10.6 Å². The van der Waals surface area contributed by atoms with Crippen molar-refractivity contribution in [2.75, 3.05) is 4.90 Å². The van der Waals surface area contributed by atoms with Crippen molar-refractivity contribution in [2.24, 2.45) is 0 Å². The third kappa shape index (κ3) is 4.30. The smallest absolute Gasteiger partial charge is 0.435 e. The molecule has 2 heterocycles. The Morgan fingerprint density at radius 1 is 1.00 bits per heavy atom. The Labute approximate surface area is 229 Å². The standard InChI is InChI=1S/C28H30IN3O5/c1-15-8-11-20-18(12-15)28(23(33)31(20)24(34)36-26(2,3)4)14-19(28)16-9-10-17-21(13-16)32(30-22(17)29)25(35)37-27(5,6)7/h8-13,19H,14H2,1-7H3/t19?,28-/m0/s1. The first kappa shape index (κ1) is 25.7. The lowest BCUT2D eigenvalue weighted by Crippen LogP contribution is -2.41. The minimum absolute atomic E-state index is 0.156. The van der Waals surface area contributed by atoms with Gasteiger partial charge in [0.1, 0.15) is 14.9 Å². The number of hydrogen-bond donors (Lipinski definition) is 0. The van der Waals surface area contributed by atoms with Crippen molar-refractivity contribution < 1.29 is 23.9 Å². The molecule has 9 heteroatoms. The monoisotopic (exact) mass is 615 g/mol. The quantitative estimate of drug-likeness (QED) is 0.293. The maximum atomic E-state index is 13.9. The zero-order chi connectivity index (χ0) is 27.1. The van der Waals surface area contributed by atoms with Gasteiger partial charge in [-0.2, -0.15) is 9.78 Å². The Bertz CT molecular complexity index is 1480. The molecule has 8 nitrogen and oxygen atoms in total. The molecule has 194 valence electrons. The van der Waals surface area contributed by atoms with E-state index in [2.05, 4.69) is 27.7 Å². The number of nitrogens with zero attached hydrogens (tertiary/aromatic N) is 3. The molecule has 1 aromatic heterocycles. The van der Waals surface area contributed by atoms with Crippen molar-refractivity contribution in [1.29, 1.82) is 0 Å². The molecule has 37 heavy (non-hydrogen) atoms. The van der Waals surface area contributed by atoms with Crippen LogP contribution in [-0.2, 0) is 19.7 Å². The van der Waals surface area contributed by atoms with Crippen LogP contribution in [0.1, 0.15) is 70.6 Å². The molecule has 0 N–H and O–H groups in total. The van der Waals surface area contributed by atoms with Crippen LogP contribution >= 0.6 is 22.6 Å². The van der Waals surface area contributed by atoms with E-state index < -0.39 is 28.8 Å². The number of aromatic nitrogens is 2. The molecule has 2 amide bonds. The summed E-state index contributed by atoms with van der Waals surface area (Å²) in [7, 11) is 0. The first-order valence-corrected chi connectivity index (χ1v) is 13.3. The highest BCUT2D eigenvalue weighted by Gasteiger charge is 2.68. The topological polar surface area (TPSA) is 90.7 Å². The van der Waals surface area contributed by atoms with Crippen LogP contribution in [0.3, 0.4) is 0 Å². The van der Waals surface area contributed by atoms with E-state index >= 15 is 0 Å². The van der Waals surface area contributed by atoms with Crippen molar-refractivity contribution in [1.82, 2.24) is 9.78 Å². The molecular weight excluding hydrogens is 585 g/mol. The molecule has 3 aromatic rings. The minimum atomic E-state index is -0.851. The van der Waals surface area contributed by atoms with Crippen molar-refractivity contribution in [3.05, 3.63) is 56.8 Å². The number of imide groups is 1. The van der Waals surface area contributed by atoms with Crippen molar-refractivity contribution >= 4 is 57.3 Å². The van der Waals surface area contributed by atoms with Crippen LogP contribution in [0.25, 0.3) is 10.9 Å². The van der Waals surface area contributed by atoms with Gasteiger partial charge in [0.2, 0.25) is 5.91 Å². The van der Waals surface area contributed by atoms with Gasteiger partial charge in [0.05, 0.1) is 16.6 Å². The normalized spacial score (nSPS) is 20.9. The maximum Gasteiger partial charge on any atom is 0.435 e. The molecule has 2 aromatic carbocycles. The van der Waals surface area contributed by atoms with Gasteiger partial charge in [-0.25, -0.2) is 14.5 Å². The molecule has 1 saturated carbocycles. The predicted octanol–water partition coefficient (Wildman–Crippen LogP) is 6.44. The number of anilines is 1. The Hall–Kier alpha value is -2.95. The molecule has 1 aliphatic carbocycles. The van der Waals surface area contributed by atoms with Gasteiger partial charge < -0.3 is 9.47 Å². The zero-order valence-corrected chi connectivity index (χ0v) is 24.2. The summed E-state index contributed by atoms with van der Waals surface area (Å²) >= 11 is 2.10. The molecule has 1 spiro atoms. The minimum Gasteiger partial charge on any atom is -0.443 e. The van der Waals surface area contributed by atoms with E-state index in [9.17, 15) is 14.4 Å². The summed E-state index contributed by atoms with van der Waals surface area (Å²) in [5.74, 6) is -0.431. The van der Waals surface area contributed by atoms with Gasteiger partial charge in [0.15, 0.2) is 0 Å². The highest BCUT2D eigenvalue weighted by molar-refractivity contribution is 14.1. The summed E-state index contributed by atoms with van der Waals surface area (Å²) in [6, 6.07) is 11.5. The van der Waals surface area contributed by atoms with Gasteiger partial charge >= 0.3 is 12.2 Å². The van der Waals surface area contributed by atoms with Crippen LogP contribution in [0.5, 0.6) is 0 Å². The van der Waals surface area contributed by atoms with Gasteiger partial charge in [-0.1, -0.05) is 23.8 Å². The lowest BCUT2D eigenvalue weighted by molar-refractivity contribution is -0.120. The number of carbonyl (C=O) groups excluding carboxylic acids is 3. The summed E-state index contributed by atoms with van der Waals surface area (Å²) in [6.45, 7) is 12.7. The van der Waals surface area contributed by atoms with Crippen molar-refractivity contribution in [3.63, 3.8) is 0 Å². The summed E-state index contributed by atoms with van der Waals surface area (Å²) in [5.41, 5.74) is 1.69. The summed E-state index contributed by atoms with van der Waals surface area (Å²) in [6.07, 6.45) is -0.666. The predicted molar refractivity (Wildman–Crippen MR) is 148 cm³/mol. The molecule has 2 atom stereocenters. The van der Waals surface area contributed by atoms with Gasteiger partial charge in [-0.05, 0) is 107 Å². The zero-order valence-electron chi connectivity index (χ0n) is 22.0. The van der Waals surface area contributed by atoms with E-state index in [1.807, 2.05) is 64.1 Å². The first-order valence-electron chi connectivity index (χ1n) is 12.2. The fourth-order valence-corrected chi connectivity index (χ4v) is 5.74. The molecule has 1 aliphatic heterocycles. The van der Waals surface area contributed by atoms with E-state index in [0.717, 1.165) is 22.1 Å². The van der Waals surface area contributed by atoms with E-state index in [1.165, 1.54) is 9.58 Å². The van der Waals surface area contributed by atoms with Crippen LogP contribution in [-0.4, -0.2) is 39.1 Å². The number of fused-ring (bicyclic) bond motifs is 3. The van der Waals surface area contributed by atoms with Gasteiger partial charge in [0, 0.05) is 11.3 Å². The number of amides is 2. The molecule has 0 bridgehead atoms. The van der Waals surface area contributed by atoms with Crippen LogP contribution in [0.4, 0.5) is 15.3 Å². The average Bonchev–Trinajstić information content (AvgIpc) is 3.37. The van der Waals surface area contributed by atoms with Crippen LogP contribution in [0.2, 0.25) is 0 Å². The number of halogens is 1. The highest BCUT2D eigenvalue weighted by atomic mass is 127. The van der Waals surface area contributed by atoms with Gasteiger partial charge in [-0.15, -0.1) is 0 Å². The number of benzene rings is 2. The molecule has 1 unspecified atom stereocenters. The van der Waals surface area contributed by atoms with E-state index in [4.69, 9.17) is 9.47 Å². The second-order valence-corrected chi connectivity index (χ2v) is 12.9. The molecule has 5 rings (SSSR count). The molecule has 2 aliphatic rings. The van der Waals surface area contributed by atoms with Gasteiger partial charge in [-0.3, -0.25) is 4.79 Å².